The normalized spacial score (nSPS) is 10.9. The van der Waals surface area contributed by atoms with Gasteiger partial charge in [0, 0.05) is 6.54 Å². The van der Waals surface area contributed by atoms with E-state index < -0.39 is 0 Å². The third kappa shape index (κ3) is 2.72. The number of nitrogens with one attached hydrogen (secondary N) is 1. The molecule has 86 valence electrons. The molecule has 0 saturated heterocycles. The van der Waals surface area contributed by atoms with Crippen molar-refractivity contribution in [2.24, 2.45) is 0 Å². The van der Waals surface area contributed by atoms with Crippen LogP contribution in [0.1, 0.15) is 12.5 Å². The molecule has 0 aliphatic carbocycles. The predicted molar refractivity (Wildman–Crippen MR) is 70.6 cm³/mol. The quantitative estimate of drug-likeness (QED) is 0.799. The van der Waals surface area contributed by atoms with Gasteiger partial charge in [-0.05, 0) is 29.3 Å². The highest BCUT2D eigenvalue weighted by molar-refractivity contribution is 5.89. The fraction of sp³-hybridized carbons (Fsp3) is 0.133. The largest absolute Gasteiger partial charge is 0.348 e. The maximum Gasteiger partial charge on any atom is 0.243 e. The second-order valence-corrected chi connectivity index (χ2v) is 3.86. The minimum atomic E-state index is -0.0552. The van der Waals surface area contributed by atoms with E-state index in [-0.39, 0.29) is 5.91 Å². The molecule has 2 rings (SSSR count). The van der Waals surface area contributed by atoms with Crippen molar-refractivity contribution in [3.63, 3.8) is 0 Å². The third-order valence-electron chi connectivity index (χ3n) is 2.65. The van der Waals surface area contributed by atoms with E-state index in [0.717, 1.165) is 5.56 Å². The molecule has 2 aromatic carbocycles. The summed E-state index contributed by atoms with van der Waals surface area (Å²) in [6, 6.07) is 14.3. The van der Waals surface area contributed by atoms with E-state index in [2.05, 4.69) is 23.5 Å². The van der Waals surface area contributed by atoms with Crippen LogP contribution in [0, 0.1) is 0 Å². The lowest BCUT2D eigenvalue weighted by atomic mass is 10.0. The zero-order chi connectivity index (χ0) is 12.1. The molecule has 2 heteroatoms. The summed E-state index contributed by atoms with van der Waals surface area (Å²) in [5.74, 6) is -0.0552. The topological polar surface area (TPSA) is 29.1 Å². The minimum absolute atomic E-state index is 0.0552. The summed E-state index contributed by atoms with van der Waals surface area (Å²) in [7, 11) is 0. The van der Waals surface area contributed by atoms with Gasteiger partial charge in [-0.2, -0.15) is 0 Å². The average molecular weight is 225 g/mol. The van der Waals surface area contributed by atoms with Crippen molar-refractivity contribution in [3.05, 3.63) is 60.2 Å². The third-order valence-corrected chi connectivity index (χ3v) is 2.65. The number of fused-ring (bicyclic) bond motifs is 1. The molecular weight excluding hydrogens is 210 g/mol. The van der Waals surface area contributed by atoms with E-state index in [9.17, 15) is 4.79 Å². The molecule has 2 aromatic rings. The first-order chi connectivity index (χ1) is 8.31. The van der Waals surface area contributed by atoms with Gasteiger partial charge >= 0.3 is 0 Å². The fourth-order valence-electron chi connectivity index (χ4n) is 1.84. The van der Waals surface area contributed by atoms with E-state index in [0.29, 0.717) is 6.54 Å². The molecule has 0 bridgehead atoms. The van der Waals surface area contributed by atoms with Crippen molar-refractivity contribution >= 4 is 16.7 Å². The Bertz CT molecular complexity index is 552. The molecule has 0 fully saturated rings. The van der Waals surface area contributed by atoms with Crippen molar-refractivity contribution in [3.8, 4) is 0 Å². The minimum Gasteiger partial charge on any atom is -0.348 e. The van der Waals surface area contributed by atoms with Crippen LogP contribution in [0.4, 0.5) is 0 Å². The molecule has 0 saturated carbocycles. The molecule has 0 aliphatic heterocycles. The summed E-state index contributed by atoms with van der Waals surface area (Å²) >= 11 is 0. The highest BCUT2D eigenvalue weighted by Gasteiger charge is 2.01. The maximum absolute atomic E-state index is 11.4. The monoisotopic (exact) mass is 225 g/mol. The number of amides is 1. The molecule has 0 heterocycles. The van der Waals surface area contributed by atoms with Crippen LogP contribution in [0.5, 0.6) is 0 Å². The van der Waals surface area contributed by atoms with Crippen LogP contribution in [0.2, 0.25) is 0 Å². The first-order valence-corrected chi connectivity index (χ1v) is 5.68. The highest BCUT2D eigenvalue weighted by Crippen LogP contribution is 2.18. The van der Waals surface area contributed by atoms with Crippen LogP contribution in [-0.4, -0.2) is 5.91 Å². The van der Waals surface area contributed by atoms with Gasteiger partial charge < -0.3 is 5.32 Å². The Kier molecular flexibility index (Phi) is 3.55. The van der Waals surface area contributed by atoms with Crippen LogP contribution >= 0.6 is 0 Å². The number of benzene rings is 2. The summed E-state index contributed by atoms with van der Waals surface area (Å²) in [5, 5.41) is 5.26. The van der Waals surface area contributed by atoms with Crippen LogP contribution in [-0.2, 0) is 11.3 Å². The van der Waals surface area contributed by atoms with Crippen LogP contribution in [0.25, 0.3) is 10.8 Å². The molecule has 0 aliphatic rings. The lowest BCUT2D eigenvalue weighted by Gasteiger charge is -2.06. The number of allylic oxidation sites excluding steroid dienone is 1. The number of hydrogen-bond acceptors (Lipinski definition) is 1. The van der Waals surface area contributed by atoms with E-state index >= 15 is 0 Å². The van der Waals surface area contributed by atoms with Crippen molar-refractivity contribution in [1.29, 1.82) is 0 Å². The molecule has 17 heavy (non-hydrogen) atoms. The number of hydrogen-bond donors (Lipinski definition) is 1. The Morgan fingerprint density at radius 1 is 1.18 bits per heavy atom. The van der Waals surface area contributed by atoms with Crippen LogP contribution < -0.4 is 5.32 Å². The summed E-state index contributed by atoms with van der Waals surface area (Å²) in [6.07, 6.45) is 3.27. The van der Waals surface area contributed by atoms with E-state index in [1.54, 1.807) is 6.08 Å². The first kappa shape index (κ1) is 11.4. The van der Waals surface area contributed by atoms with Crippen molar-refractivity contribution in [1.82, 2.24) is 5.32 Å². The number of rotatable bonds is 3. The zero-order valence-electron chi connectivity index (χ0n) is 9.81. The molecule has 2 nitrogen and oxygen atoms in total. The smallest absolute Gasteiger partial charge is 0.243 e. The molecule has 0 spiro atoms. The average Bonchev–Trinajstić information content (AvgIpc) is 2.36. The van der Waals surface area contributed by atoms with Gasteiger partial charge in [0.05, 0.1) is 0 Å². The Labute approximate surface area is 101 Å². The van der Waals surface area contributed by atoms with Crippen molar-refractivity contribution in [2.45, 2.75) is 13.5 Å². The van der Waals surface area contributed by atoms with Gasteiger partial charge in [-0.3, -0.25) is 4.79 Å². The first-order valence-electron chi connectivity index (χ1n) is 5.68. The van der Waals surface area contributed by atoms with Gasteiger partial charge in [-0.25, -0.2) is 0 Å². The van der Waals surface area contributed by atoms with Crippen molar-refractivity contribution < 1.29 is 4.79 Å². The number of carbonyl (C=O) groups is 1. The molecule has 0 unspecified atom stereocenters. The van der Waals surface area contributed by atoms with Crippen molar-refractivity contribution in [2.75, 3.05) is 0 Å². The van der Waals surface area contributed by atoms with Gasteiger partial charge in [0.1, 0.15) is 0 Å². The molecule has 0 atom stereocenters. The Balaban J connectivity index is 2.21. The van der Waals surface area contributed by atoms with Gasteiger partial charge in [0.25, 0.3) is 0 Å². The predicted octanol–water partition coefficient (Wildman–Crippen LogP) is 3.03. The summed E-state index contributed by atoms with van der Waals surface area (Å²) < 4.78 is 0. The maximum atomic E-state index is 11.4. The lowest BCUT2D eigenvalue weighted by molar-refractivity contribution is -0.116. The Hall–Kier alpha value is -2.09. The van der Waals surface area contributed by atoms with Gasteiger partial charge in [-0.15, -0.1) is 0 Å². The van der Waals surface area contributed by atoms with E-state index in [1.165, 1.54) is 16.8 Å². The fourth-order valence-corrected chi connectivity index (χ4v) is 1.84. The summed E-state index contributed by atoms with van der Waals surface area (Å²) in [5.41, 5.74) is 1.14. The van der Waals surface area contributed by atoms with Gasteiger partial charge in [-0.1, -0.05) is 48.5 Å². The van der Waals surface area contributed by atoms with Gasteiger partial charge in [0.2, 0.25) is 5.91 Å². The molecular formula is C15H15NO. The van der Waals surface area contributed by atoms with E-state index in [4.69, 9.17) is 0 Å². The summed E-state index contributed by atoms with van der Waals surface area (Å²) in [4.78, 5) is 11.4. The van der Waals surface area contributed by atoms with Crippen LogP contribution in [0.15, 0.2) is 54.6 Å². The van der Waals surface area contributed by atoms with E-state index in [1.807, 2.05) is 31.2 Å². The Morgan fingerprint density at radius 2 is 1.94 bits per heavy atom. The number of carbonyl (C=O) groups excluding carboxylic acids is 1. The zero-order valence-corrected chi connectivity index (χ0v) is 9.81. The highest BCUT2D eigenvalue weighted by atomic mass is 16.1. The molecule has 1 amide bonds. The summed E-state index contributed by atoms with van der Waals surface area (Å²) in [6.45, 7) is 2.39. The second kappa shape index (κ2) is 5.30. The molecule has 0 radical (unpaired) electrons. The second-order valence-electron chi connectivity index (χ2n) is 3.86. The van der Waals surface area contributed by atoms with Gasteiger partial charge in [0.15, 0.2) is 0 Å². The SMILES string of the molecule is CC=CC(=O)NCc1cccc2ccccc12. The standard InChI is InChI=1S/C15H15NO/c1-2-6-15(17)16-11-13-9-5-8-12-7-3-4-10-14(12)13/h2-10H,11H2,1H3,(H,16,17). The lowest BCUT2D eigenvalue weighted by Crippen LogP contribution is -2.20. The molecule has 0 aromatic heterocycles. The molecule has 1 N–H and O–H groups in total. The van der Waals surface area contributed by atoms with Crippen LogP contribution in [0.3, 0.4) is 0 Å². The Morgan fingerprint density at radius 3 is 2.76 bits per heavy atom.